The van der Waals surface area contributed by atoms with Crippen LogP contribution in [0.3, 0.4) is 0 Å². The van der Waals surface area contributed by atoms with Crippen LogP contribution < -0.4 is 10.9 Å². The van der Waals surface area contributed by atoms with Crippen LogP contribution in [0, 0.1) is 0 Å². The summed E-state index contributed by atoms with van der Waals surface area (Å²) in [6.45, 7) is 2.62. The smallest absolute Gasteiger partial charge is 0.253 e. The van der Waals surface area contributed by atoms with Crippen molar-refractivity contribution in [1.82, 2.24) is 35.1 Å². The number of nitrogens with zero attached hydrogens (tertiary/aromatic N) is 6. The molecule has 2 heterocycles. The Hall–Kier alpha value is -3.36. The van der Waals surface area contributed by atoms with Crippen molar-refractivity contribution in [2.45, 2.75) is 19.9 Å². The monoisotopic (exact) mass is 339 g/mol. The van der Waals surface area contributed by atoms with Gasteiger partial charge in [-0.15, -0.1) is 5.10 Å². The second-order valence-corrected chi connectivity index (χ2v) is 5.33. The first-order chi connectivity index (χ1) is 12.2. The third kappa shape index (κ3) is 3.94. The number of benzene rings is 1. The van der Waals surface area contributed by atoms with Gasteiger partial charge in [-0.25, -0.2) is 9.67 Å². The Labute approximate surface area is 143 Å². The average Bonchev–Trinajstić information content (AvgIpc) is 3.17. The number of aryl methyl sites for hydroxylation is 1. The van der Waals surface area contributed by atoms with Crippen molar-refractivity contribution in [3.8, 4) is 5.69 Å². The summed E-state index contributed by atoms with van der Waals surface area (Å²) < 4.78 is 2.94. The number of amides is 1. The quantitative estimate of drug-likeness (QED) is 0.688. The van der Waals surface area contributed by atoms with E-state index in [2.05, 4.69) is 25.8 Å². The molecule has 0 saturated heterocycles. The van der Waals surface area contributed by atoms with Crippen LogP contribution in [0.15, 0.2) is 47.8 Å². The van der Waals surface area contributed by atoms with E-state index in [1.807, 2.05) is 6.92 Å². The number of carbonyl (C=O) groups excluding carboxylic acids is 1. The highest BCUT2D eigenvalue weighted by atomic mass is 16.1. The Balaban J connectivity index is 1.61. The molecular weight excluding hydrogens is 322 g/mol. The van der Waals surface area contributed by atoms with E-state index in [1.54, 1.807) is 24.3 Å². The van der Waals surface area contributed by atoms with Gasteiger partial charge >= 0.3 is 0 Å². The molecule has 1 amide bonds. The molecule has 0 aliphatic heterocycles. The number of rotatable bonds is 6. The first kappa shape index (κ1) is 16.5. The highest BCUT2D eigenvalue weighted by molar-refractivity contribution is 5.94. The van der Waals surface area contributed by atoms with Crippen LogP contribution >= 0.6 is 0 Å². The molecule has 0 bridgehead atoms. The van der Waals surface area contributed by atoms with Gasteiger partial charge < -0.3 is 5.32 Å². The Kier molecular flexibility index (Phi) is 4.93. The minimum atomic E-state index is -0.235. The largest absolute Gasteiger partial charge is 0.350 e. The molecule has 9 nitrogen and oxygen atoms in total. The number of aromatic nitrogens is 6. The van der Waals surface area contributed by atoms with Crippen molar-refractivity contribution in [2.24, 2.45) is 0 Å². The van der Waals surface area contributed by atoms with Gasteiger partial charge in [0, 0.05) is 30.4 Å². The molecule has 9 heteroatoms. The molecule has 0 radical (unpaired) electrons. The molecule has 3 rings (SSSR count). The van der Waals surface area contributed by atoms with Gasteiger partial charge in [-0.05, 0) is 35.0 Å². The van der Waals surface area contributed by atoms with Crippen molar-refractivity contribution < 1.29 is 4.79 Å². The zero-order valence-corrected chi connectivity index (χ0v) is 13.7. The maximum Gasteiger partial charge on any atom is 0.253 e. The second kappa shape index (κ2) is 7.47. The predicted molar refractivity (Wildman–Crippen MR) is 89.4 cm³/mol. The standard InChI is InChI=1S/C16H17N7O2/c1-2-13-9-15(24)22(10-18-13)7-6-17-16(25)12-4-3-5-14(8-12)23-11-19-20-21-23/h3-5,8-11H,2,6-7H2,1H3,(H,17,25). The minimum Gasteiger partial charge on any atom is -0.350 e. The molecule has 0 spiro atoms. The van der Waals surface area contributed by atoms with Crippen molar-refractivity contribution in [1.29, 1.82) is 0 Å². The fraction of sp³-hybridized carbons (Fsp3) is 0.250. The lowest BCUT2D eigenvalue weighted by molar-refractivity contribution is 0.0952. The summed E-state index contributed by atoms with van der Waals surface area (Å²) in [5.74, 6) is -0.235. The molecule has 0 aliphatic rings. The van der Waals surface area contributed by atoms with Gasteiger partial charge in [0.25, 0.3) is 11.5 Å². The van der Waals surface area contributed by atoms with E-state index >= 15 is 0 Å². The average molecular weight is 339 g/mol. The molecule has 0 fully saturated rings. The fourth-order valence-corrected chi connectivity index (χ4v) is 2.29. The van der Waals surface area contributed by atoms with Gasteiger partial charge in [-0.3, -0.25) is 14.2 Å². The van der Waals surface area contributed by atoms with E-state index in [0.29, 0.717) is 30.8 Å². The van der Waals surface area contributed by atoms with Gasteiger partial charge in [0.1, 0.15) is 6.33 Å². The molecule has 1 aromatic carbocycles. The van der Waals surface area contributed by atoms with E-state index in [1.165, 1.54) is 28.0 Å². The number of carbonyl (C=O) groups is 1. The van der Waals surface area contributed by atoms with E-state index in [9.17, 15) is 9.59 Å². The minimum absolute atomic E-state index is 0.123. The summed E-state index contributed by atoms with van der Waals surface area (Å²) in [5.41, 5.74) is 1.81. The topological polar surface area (TPSA) is 108 Å². The summed E-state index contributed by atoms with van der Waals surface area (Å²) in [6.07, 6.45) is 3.67. The molecule has 128 valence electrons. The molecule has 1 N–H and O–H groups in total. The maximum absolute atomic E-state index is 12.3. The normalized spacial score (nSPS) is 10.6. The lowest BCUT2D eigenvalue weighted by atomic mass is 10.2. The molecule has 3 aromatic rings. The van der Waals surface area contributed by atoms with Gasteiger partial charge in [-0.2, -0.15) is 0 Å². The lowest BCUT2D eigenvalue weighted by Crippen LogP contribution is -2.31. The summed E-state index contributed by atoms with van der Waals surface area (Å²) >= 11 is 0. The van der Waals surface area contributed by atoms with Crippen molar-refractivity contribution in [3.63, 3.8) is 0 Å². The zero-order valence-electron chi connectivity index (χ0n) is 13.7. The van der Waals surface area contributed by atoms with E-state index in [4.69, 9.17) is 0 Å². The first-order valence-electron chi connectivity index (χ1n) is 7.84. The van der Waals surface area contributed by atoms with E-state index in [-0.39, 0.29) is 11.5 Å². The Morgan fingerprint density at radius 2 is 2.12 bits per heavy atom. The fourth-order valence-electron chi connectivity index (χ4n) is 2.29. The third-order valence-corrected chi connectivity index (χ3v) is 3.66. The van der Waals surface area contributed by atoms with Crippen LogP contribution in [0.5, 0.6) is 0 Å². The third-order valence-electron chi connectivity index (χ3n) is 3.66. The number of nitrogens with one attached hydrogen (secondary N) is 1. The van der Waals surface area contributed by atoms with Crippen molar-refractivity contribution in [2.75, 3.05) is 6.54 Å². The molecule has 2 aromatic heterocycles. The maximum atomic E-state index is 12.3. The summed E-state index contributed by atoms with van der Waals surface area (Å²) in [4.78, 5) is 28.4. The number of hydrogen-bond acceptors (Lipinski definition) is 6. The number of hydrogen-bond donors (Lipinski definition) is 1. The summed E-state index contributed by atoms with van der Waals surface area (Å²) in [7, 11) is 0. The highest BCUT2D eigenvalue weighted by Crippen LogP contribution is 2.08. The highest BCUT2D eigenvalue weighted by Gasteiger charge is 2.07. The Morgan fingerprint density at radius 1 is 1.24 bits per heavy atom. The molecule has 0 atom stereocenters. The van der Waals surface area contributed by atoms with Crippen LogP contribution in [0.2, 0.25) is 0 Å². The van der Waals surface area contributed by atoms with Gasteiger partial charge in [0.2, 0.25) is 0 Å². The van der Waals surface area contributed by atoms with Crippen LogP contribution in [0.25, 0.3) is 5.69 Å². The van der Waals surface area contributed by atoms with Crippen molar-refractivity contribution in [3.05, 3.63) is 64.6 Å². The molecule has 0 unspecified atom stereocenters. The molecule has 25 heavy (non-hydrogen) atoms. The zero-order chi connectivity index (χ0) is 17.6. The molecular formula is C16H17N7O2. The van der Waals surface area contributed by atoms with E-state index in [0.717, 1.165) is 5.69 Å². The van der Waals surface area contributed by atoms with Crippen LogP contribution in [-0.2, 0) is 13.0 Å². The SMILES string of the molecule is CCc1cc(=O)n(CCNC(=O)c2cccc(-n3cnnn3)c2)cn1. The van der Waals surface area contributed by atoms with Gasteiger partial charge in [0.15, 0.2) is 0 Å². The molecule has 0 saturated carbocycles. The summed E-state index contributed by atoms with van der Waals surface area (Å²) in [6, 6.07) is 8.46. The number of tetrazole rings is 1. The van der Waals surface area contributed by atoms with Gasteiger partial charge in [0.05, 0.1) is 12.0 Å². The second-order valence-electron chi connectivity index (χ2n) is 5.33. The predicted octanol–water partition coefficient (Wildman–Crippen LogP) is 0.211. The van der Waals surface area contributed by atoms with Crippen LogP contribution in [-0.4, -0.2) is 42.2 Å². The lowest BCUT2D eigenvalue weighted by Gasteiger charge is -2.08. The van der Waals surface area contributed by atoms with Crippen molar-refractivity contribution >= 4 is 5.91 Å². The summed E-state index contributed by atoms with van der Waals surface area (Å²) in [5, 5.41) is 13.7. The van der Waals surface area contributed by atoms with E-state index < -0.39 is 0 Å². The van der Waals surface area contributed by atoms with Crippen LogP contribution in [0.1, 0.15) is 23.0 Å². The first-order valence-corrected chi connectivity index (χ1v) is 7.84. The molecule has 0 aliphatic carbocycles. The van der Waals surface area contributed by atoms with Gasteiger partial charge in [-0.1, -0.05) is 13.0 Å². The van der Waals surface area contributed by atoms with Crippen LogP contribution in [0.4, 0.5) is 0 Å². The Morgan fingerprint density at radius 3 is 2.84 bits per heavy atom. The Bertz CT molecular complexity index is 918.